The largest absolute Gasteiger partial charge is 0.354 e. The Morgan fingerprint density at radius 1 is 0.929 bits per heavy atom. The number of anilines is 1. The molecule has 3 rings (SSSR count). The second kappa shape index (κ2) is 15.2. The summed E-state index contributed by atoms with van der Waals surface area (Å²) < 4.78 is 26.8. The van der Waals surface area contributed by atoms with Crippen LogP contribution in [0.3, 0.4) is 0 Å². The van der Waals surface area contributed by atoms with Crippen LogP contribution in [0.1, 0.15) is 48.9 Å². The lowest BCUT2D eigenvalue weighted by atomic mass is 10.0. The average molecular weight is 612 g/mol. The van der Waals surface area contributed by atoms with Crippen molar-refractivity contribution in [3.8, 4) is 0 Å². The van der Waals surface area contributed by atoms with Crippen LogP contribution >= 0.6 is 11.6 Å². The molecule has 0 bridgehead atoms. The van der Waals surface area contributed by atoms with E-state index in [0.717, 1.165) is 22.9 Å². The quantitative estimate of drug-likeness (QED) is 0.245. The Hall–Kier alpha value is -3.36. The van der Waals surface area contributed by atoms with Crippen LogP contribution in [0.2, 0.25) is 5.02 Å². The van der Waals surface area contributed by atoms with Crippen LogP contribution < -0.4 is 9.62 Å². The van der Waals surface area contributed by atoms with Gasteiger partial charge in [-0.25, -0.2) is 8.42 Å². The minimum atomic E-state index is -3.63. The number of carbonyl (C=O) groups excluding carboxylic acids is 2. The van der Waals surface area contributed by atoms with Crippen molar-refractivity contribution in [2.24, 2.45) is 5.92 Å². The molecule has 3 aromatic carbocycles. The number of nitrogens with zero attached hydrogens (tertiary/aromatic N) is 2. The van der Waals surface area contributed by atoms with Crippen molar-refractivity contribution in [3.05, 3.63) is 100 Å². The van der Waals surface area contributed by atoms with Crippen LogP contribution in [-0.2, 0) is 32.6 Å². The summed E-state index contributed by atoms with van der Waals surface area (Å²) in [5, 5.41) is 3.50. The van der Waals surface area contributed by atoms with Crippen LogP contribution in [0, 0.1) is 19.8 Å². The highest BCUT2D eigenvalue weighted by Crippen LogP contribution is 2.28. The van der Waals surface area contributed by atoms with Crippen LogP contribution in [0.15, 0.2) is 72.8 Å². The van der Waals surface area contributed by atoms with Gasteiger partial charge in [0.2, 0.25) is 21.8 Å². The fourth-order valence-corrected chi connectivity index (χ4v) is 5.98. The molecular formula is C33H42ClN3O4S. The van der Waals surface area contributed by atoms with Gasteiger partial charge in [0.15, 0.2) is 0 Å². The Morgan fingerprint density at radius 2 is 1.60 bits per heavy atom. The Balaban J connectivity index is 1.91. The zero-order chi connectivity index (χ0) is 30.9. The molecule has 0 saturated carbocycles. The van der Waals surface area contributed by atoms with Gasteiger partial charge in [0.05, 0.1) is 11.9 Å². The summed E-state index contributed by atoms with van der Waals surface area (Å²) in [6.45, 7) is 8.68. The predicted molar refractivity (Wildman–Crippen MR) is 171 cm³/mol. The molecule has 0 radical (unpaired) electrons. The van der Waals surface area contributed by atoms with Gasteiger partial charge in [0.1, 0.15) is 6.04 Å². The van der Waals surface area contributed by atoms with Gasteiger partial charge in [-0.15, -0.1) is 0 Å². The molecular weight excluding hydrogens is 570 g/mol. The normalized spacial score (nSPS) is 12.2. The maximum atomic E-state index is 14.0. The van der Waals surface area contributed by atoms with Crippen molar-refractivity contribution in [2.75, 3.05) is 23.7 Å². The van der Waals surface area contributed by atoms with Gasteiger partial charge in [0, 0.05) is 37.5 Å². The molecule has 226 valence electrons. The van der Waals surface area contributed by atoms with Crippen molar-refractivity contribution in [1.29, 1.82) is 0 Å². The molecule has 3 aromatic rings. The number of rotatable bonds is 14. The highest BCUT2D eigenvalue weighted by Gasteiger charge is 2.31. The first-order chi connectivity index (χ1) is 19.9. The van der Waals surface area contributed by atoms with Crippen LogP contribution in [0.25, 0.3) is 0 Å². The number of halogens is 1. The van der Waals surface area contributed by atoms with E-state index < -0.39 is 16.1 Å². The number of carbonyl (C=O) groups is 2. The summed E-state index contributed by atoms with van der Waals surface area (Å²) in [5.74, 6) is -0.166. The number of hydrogen-bond acceptors (Lipinski definition) is 4. The van der Waals surface area contributed by atoms with Gasteiger partial charge in [-0.1, -0.05) is 86.1 Å². The minimum Gasteiger partial charge on any atom is -0.354 e. The Kier molecular flexibility index (Phi) is 12.0. The summed E-state index contributed by atoms with van der Waals surface area (Å²) in [6, 6.07) is 21.9. The molecule has 1 N–H and O–H groups in total. The second-order valence-electron chi connectivity index (χ2n) is 11.1. The number of benzene rings is 3. The molecule has 1 unspecified atom stereocenters. The zero-order valence-electron chi connectivity index (χ0n) is 25.1. The SMILES string of the molecule is Cc1ccccc1CN(C(=O)CCCN(c1cccc(Cl)c1C)S(C)(=O)=O)C(Cc1ccccc1)C(=O)NCC(C)C. The van der Waals surface area contributed by atoms with E-state index in [9.17, 15) is 18.0 Å². The van der Waals surface area contributed by atoms with Crippen LogP contribution in [-0.4, -0.2) is 50.5 Å². The molecule has 2 amide bonds. The van der Waals surface area contributed by atoms with E-state index in [2.05, 4.69) is 5.32 Å². The van der Waals surface area contributed by atoms with Crippen LogP contribution in [0.5, 0.6) is 0 Å². The molecule has 0 heterocycles. The second-order valence-corrected chi connectivity index (χ2v) is 13.4. The molecule has 1 atom stereocenters. The van der Waals surface area contributed by atoms with E-state index in [1.807, 2.05) is 75.4 Å². The smallest absolute Gasteiger partial charge is 0.243 e. The summed E-state index contributed by atoms with van der Waals surface area (Å²) in [5.41, 5.74) is 4.07. The molecule has 0 spiro atoms. The van der Waals surface area contributed by atoms with E-state index in [-0.39, 0.29) is 43.7 Å². The van der Waals surface area contributed by atoms with E-state index in [1.54, 1.807) is 30.0 Å². The van der Waals surface area contributed by atoms with Gasteiger partial charge < -0.3 is 10.2 Å². The first-order valence-corrected chi connectivity index (χ1v) is 16.5. The maximum Gasteiger partial charge on any atom is 0.243 e. The lowest BCUT2D eigenvalue weighted by Gasteiger charge is -2.32. The summed E-state index contributed by atoms with van der Waals surface area (Å²) in [7, 11) is -3.63. The molecule has 0 saturated heterocycles. The standard InChI is InChI=1S/C33H42ClN3O4S/c1-24(2)22-35-33(39)31(21-27-14-7-6-8-15-27)36(23-28-16-10-9-13-25(28)3)32(38)19-12-20-37(42(5,40)41)30-18-11-17-29(34)26(30)4/h6-11,13-18,24,31H,12,19-23H2,1-5H3,(H,35,39). The van der Waals surface area contributed by atoms with Crippen molar-refractivity contribution < 1.29 is 18.0 Å². The van der Waals surface area contributed by atoms with Gasteiger partial charge in [-0.2, -0.15) is 0 Å². The molecule has 0 aliphatic heterocycles. The highest BCUT2D eigenvalue weighted by molar-refractivity contribution is 7.92. The van der Waals surface area contributed by atoms with Crippen molar-refractivity contribution in [2.45, 2.75) is 59.5 Å². The molecule has 0 aromatic heterocycles. The van der Waals surface area contributed by atoms with E-state index in [0.29, 0.717) is 29.2 Å². The Bertz CT molecular complexity index is 1460. The van der Waals surface area contributed by atoms with E-state index in [1.165, 1.54) is 4.31 Å². The van der Waals surface area contributed by atoms with Gasteiger partial charge in [0.25, 0.3) is 0 Å². The molecule has 9 heteroatoms. The number of aryl methyl sites for hydroxylation is 1. The predicted octanol–water partition coefficient (Wildman–Crippen LogP) is 5.92. The first kappa shape index (κ1) is 33.1. The lowest BCUT2D eigenvalue weighted by Crippen LogP contribution is -2.51. The van der Waals surface area contributed by atoms with Crippen molar-refractivity contribution in [3.63, 3.8) is 0 Å². The number of sulfonamides is 1. The van der Waals surface area contributed by atoms with E-state index in [4.69, 9.17) is 11.6 Å². The minimum absolute atomic E-state index is 0.0697. The molecule has 0 aliphatic rings. The fraction of sp³-hybridized carbons (Fsp3) is 0.394. The van der Waals surface area contributed by atoms with Gasteiger partial charge >= 0.3 is 0 Å². The topological polar surface area (TPSA) is 86.8 Å². The third-order valence-electron chi connectivity index (χ3n) is 7.22. The molecule has 7 nitrogen and oxygen atoms in total. The Labute approximate surface area is 255 Å². The molecule has 42 heavy (non-hydrogen) atoms. The van der Waals surface area contributed by atoms with Gasteiger partial charge in [-0.3, -0.25) is 13.9 Å². The average Bonchev–Trinajstić information content (AvgIpc) is 2.94. The highest BCUT2D eigenvalue weighted by atomic mass is 35.5. The summed E-state index contributed by atoms with van der Waals surface area (Å²) in [6.07, 6.45) is 1.85. The van der Waals surface area contributed by atoms with Crippen molar-refractivity contribution >= 4 is 39.1 Å². The number of amides is 2. The third-order valence-corrected chi connectivity index (χ3v) is 8.81. The van der Waals surface area contributed by atoms with E-state index >= 15 is 0 Å². The first-order valence-electron chi connectivity index (χ1n) is 14.3. The number of hydrogen-bond donors (Lipinski definition) is 1. The van der Waals surface area contributed by atoms with Crippen LogP contribution in [0.4, 0.5) is 5.69 Å². The lowest BCUT2D eigenvalue weighted by molar-refractivity contribution is -0.141. The fourth-order valence-electron chi connectivity index (χ4n) is 4.80. The molecule has 0 fully saturated rings. The van der Waals surface area contributed by atoms with Gasteiger partial charge in [-0.05, 0) is 60.6 Å². The Morgan fingerprint density at radius 3 is 2.24 bits per heavy atom. The monoisotopic (exact) mass is 611 g/mol. The summed E-state index contributed by atoms with van der Waals surface area (Å²) in [4.78, 5) is 29.3. The molecule has 0 aliphatic carbocycles. The zero-order valence-corrected chi connectivity index (χ0v) is 26.7. The third kappa shape index (κ3) is 9.33. The number of nitrogens with one attached hydrogen (secondary N) is 1. The summed E-state index contributed by atoms with van der Waals surface area (Å²) >= 11 is 6.28. The maximum absolute atomic E-state index is 14.0. The van der Waals surface area contributed by atoms with Crippen molar-refractivity contribution in [1.82, 2.24) is 10.2 Å².